The number of ether oxygens (including phenoxy) is 2. The molecule has 2 bridgehead atoms. The van der Waals surface area contributed by atoms with Crippen molar-refractivity contribution in [2.45, 2.75) is 66.8 Å². The van der Waals surface area contributed by atoms with Gasteiger partial charge >= 0.3 is 6.01 Å². The molecule has 0 spiro atoms. The van der Waals surface area contributed by atoms with Crippen molar-refractivity contribution in [3.8, 4) is 11.8 Å². The van der Waals surface area contributed by atoms with Crippen LogP contribution in [0.2, 0.25) is 0 Å². The maximum absolute atomic E-state index is 14.9. The molecule has 9 rings (SSSR count). The highest BCUT2D eigenvalue weighted by molar-refractivity contribution is 7.89. The van der Waals surface area contributed by atoms with E-state index in [9.17, 15) is 17.9 Å². The summed E-state index contributed by atoms with van der Waals surface area (Å²) >= 11 is 0. The number of phenols is 1. The zero-order valence-corrected chi connectivity index (χ0v) is 26.3. The van der Waals surface area contributed by atoms with Gasteiger partial charge in [0.25, 0.3) is 10.0 Å². The van der Waals surface area contributed by atoms with Crippen LogP contribution in [0.1, 0.15) is 43.4 Å². The molecule has 1 aliphatic carbocycles. The fourth-order valence-electron chi connectivity index (χ4n) is 8.37. The lowest BCUT2D eigenvalue weighted by Crippen LogP contribution is -2.64. The van der Waals surface area contributed by atoms with Crippen LogP contribution in [0, 0.1) is 0 Å². The van der Waals surface area contributed by atoms with Crippen molar-refractivity contribution in [1.29, 1.82) is 0 Å². The Bertz CT molecular complexity index is 1850. The van der Waals surface area contributed by atoms with Crippen molar-refractivity contribution in [3.05, 3.63) is 47.7 Å². The van der Waals surface area contributed by atoms with E-state index in [1.54, 1.807) is 12.1 Å². The van der Waals surface area contributed by atoms with Crippen LogP contribution in [0.4, 0.5) is 10.2 Å². The molecule has 2 aromatic carbocycles. The van der Waals surface area contributed by atoms with E-state index in [2.05, 4.69) is 15.1 Å². The van der Waals surface area contributed by atoms with E-state index >= 15 is 0 Å². The first-order valence-electron chi connectivity index (χ1n) is 16.3. The van der Waals surface area contributed by atoms with Gasteiger partial charge in [-0.05, 0) is 61.2 Å². The topological polar surface area (TPSA) is 120 Å². The molecule has 4 saturated heterocycles. The van der Waals surface area contributed by atoms with Gasteiger partial charge in [0.15, 0.2) is 10.7 Å². The summed E-state index contributed by atoms with van der Waals surface area (Å²) in [5, 5.41) is 15.8. The van der Waals surface area contributed by atoms with Gasteiger partial charge in [0.1, 0.15) is 18.5 Å². The number of aromatic hydroxyl groups is 1. The SMILES string of the molecule is O=S1(=O)c2c(nc(OC[C@@]34CCCN3C[C@H](F)C4)nc2N2C3CNCC2COC3)C=C(c2cc(O)cc3ccccc23)N1C1CC1. The van der Waals surface area contributed by atoms with Crippen LogP contribution in [0.5, 0.6) is 11.8 Å². The van der Waals surface area contributed by atoms with Gasteiger partial charge in [0, 0.05) is 37.7 Å². The van der Waals surface area contributed by atoms with Crippen LogP contribution in [-0.4, -0.2) is 109 Å². The highest BCUT2D eigenvalue weighted by Gasteiger charge is 2.51. The summed E-state index contributed by atoms with van der Waals surface area (Å²) in [4.78, 5) is 14.0. The predicted molar refractivity (Wildman–Crippen MR) is 170 cm³/mol. The predicted octanol–water partition coefficient (Wildman–Crippen LogP) is 3.13. The van der Waals surface area contributed by atoms with E-state index in [0.29, 0.717) is 56.3 Å². The molecule has 3 aromatic rings. The Morgan fingerprint density at radius 2 is 1.91 bits per heavy atom. The second-order valence-corrected chi connectivity index (χ2v) is 15.3. The van der Waals surface area contributed by atoms with E-state index in [1.807, 2.05) is 30.3 Å². The normalized spacial score (nSPS) is 30.3. The molecular weight excluding hydrogens is 611 g/mol. The summed E-state index contributed by atoms with van der Waals surface area (Å²) in [6, 6.07) is 10.6. The summed E-state index contributed by atoms with van der Waals surface area (Å²) in [6.07, 6.45) is 4.62. The summed E-state index contributed by atoms with van der Waals surface area (Å²) in [7, 11) is -4.14. The summed E-state index contributed by atoms with van der Waals surface area (Å²) < 4.78 is 58.2. The van der Waals surface area contributed by atoms with Gasteiger partial charge in [-0.15, -0.1) is 0 Å². The maximum Gasteiger partial charge on any atom is 0.319 e. The third-order valence-corrected chi connectivity index (χ3v) is 12.4. The lowest BCUT2D eigenvalue weighted by atomic mass is 9.95. The standard InChI is InChI=1S/C33H37FN6O5S/c34-21-13-33(8-3-9-38(33)16-21)19-45-32-36-28-12-29(27-11-25(41)10-20-4-1-2-5-26(20)27)40(22-6-7-22)46(42,43)30(28)31(37-32)39-23-14-35-15-24(39)18-44-17-23/h1-2,4-5,10-12,21-24,35,41H,3,6-9,13-19H2/t21-,23?,24?,33+/m1/s1. The largest absolute Gasteiger partial charge is 0.508 e. The molecule has 4 atom stereocenters. The van der Waals surface area contributed by atoms with Crippen LogP contribution in [0.3, 0.4) is 0 Å². The molecule has 5 aliphatic heterocycles. The number of benzene rings is 2. The average Bonchev–Trinajstić information content (AvgIpc) is 3.70. The number of hydrogen-bond acceptors (Lipinski definition) is 10. The van der Waals surface area contributed by atoms with Crippen LogP contribution < -0.4 is 15.0 Å². The van der Waals surface area contributed by atoms with Gasteiger partial charge in [0.05, 0.1) is 42.2 Å². The Morgan fingerprint density at radius 1 is 1.11 bits per heavy atom. The number of aromatic nitrogens is 2. The van der Waals surface area contributed by atoms with Crippen molar-refractivity contribution < 1.29 is 27.4 Å². The minimum absolute atomic E-state index is 0.0534. The second-order valence-electron chi connectivity index (χ2n) is 13.6. The summed E-state index contributed by atoms with van der Waals surface area (Å²) in [5.41, 5.74) is 0.937. The zero-order chi connectivity index (χ0) is 31.2. The maximum atomic E-state index is 14.9. The second kappa shape index (κ2) is 10.5. The molecule has 5 fully saturated rings. The first kappa shape index (κ1) is 28.7. The van der Waals surface area contributed by atoms with Gasteiger partial charge in [-0.3, -0.25) is 9.21 Å². The molecule has 0 radical (unpaired) electrons. The van der Waals surface area contributed by atoms with Gasteiger partial charge in [-0.25, -0.2) is 12.8 Å². The van der Waals surface area contributed by atoms with Crippen molar-refractivity contribution in [1.82, 2.24) is 24.5 Å². The van der Waals surface area contributed by atoms with Gasteiger partial charge in [-0.2, -0.15) is 9.97 Å². The first-order chi connectivity index (χ1) is 22.3. The number of rotatable bonds is 6. The minimum atomic E-state index is -4.14. The quantitative estimate of drug-likeness (QED) is 0.413. The number of piperazine rings is 1. The molecule has 2 unspecified atom stereocenters. The van der Waals surface area contributed by atoms with Crippen molar-refractivity contribution >= 4 is 38.4 Å². The third kappa shape index (κ3) is 4.49. The fourth-order valence-corrected chi connectivity index (χ4v) is 10.3. The monoisotopic (exact) mass is 648 g/mol. The van der Waals surface area contributed by atoms with E-state index in [0.717, 1.165) is 43.0 Å². The third-order valence-electron chi connectivity index (χ3n) is 10.5. The Morgan fingerprint density at radius 3 is 2.72 bits per heavy atom. The minimum Gasteiger partial charge on any atom is -0.508 e. The van der Waals surface area contributed by atoms with Crippen LogP contribution in [0.15, 0.2) is 41.3 Å². The number of morpholine rings is 1. The number of alkyl halides is 1. The van der Waals surface area contributed by atoms with E-state index in [4.69, 9.17) is 19.4 Å². The highest BCUT2D eigenvalue weighted by Crippen LogP contribution is 2.48. The molecule has 6 heterocycles. The first-order valence-corrected chi connectivity index (χ1v) is 17.7. The molecule has 6 aliphatic rings. The molecule has 242 valence electrons. The molecule has 1 saturated carbocycles. The molecule has 1 aromatic heterocycles. The molecule has 2 N–H and O–H groups in total. The number of nitrogens with one attached hydrogen (secondary N) is 1. The summed E-state index contributed by atoms with van der Waals surface area (Å²) in [5.74, 6) is 0.384. The number of anilines is 1. The van der Waals surface area contributed by atoms with Crippen molar-refractivity contribution in [2.24, 2.45) is 0 Å². The van der Waals surface area contributed by atoms with Gasteiger partial charge in [0.2, 0.25) is 0 Å². The van der Waals surface area contributed by atoms with E-state index in [-0.39, 0.29) is 47.1 Å². The zero-order valence-electron chi connectivity index (χ0n) is 25.4. The van der Waals surface area contributed by atoms with Crippen LogP contribution in [-0.2, 0) is 14.8 Å². The lowest BCUT2D eigenvalue weighted by molar-refractivity contribution is 0.0516. The molecule has 0 amide bonds. The number of nitrogens with zero attached hydrogens (tertiary/aromatic N) is 5. The Kier molecular flexibility index (Phi) is 6.54. The Hall–Kier alpha value is -3.52. The summed E-state index contributed by atoms with van der Waals surface area (Å²) in [6.45, 7) is 3.62. The highest BCUT2D eigenvalue weighted by atomic mass is 32.2. The number of fused-ring (bicyclic) bond motifs is 5. The Balaban J connectivity index is 1.23. The number of hydrogen-bond donors (Lipinski definition) is 2. The van der Waals surface area contributed by atoms with Gasteiger partial charge < -0.3 is 24.8 Å². The van der Waals surface area contributed by atoms with Crippen LogP contribution >= 0.6 is 0 Å². The molecule has 46 heavy (non-hydrogen) atoms. The van der Waals surface area contributed by atoms with Crippen molar-refractivity contribution in [3.63, 3.8) is 0 Å². The molecule has 11 nitrogen and oxygen atoms in total. The lowest BCUT2D eigenvalue weighted by Gasteiger charge is -2.47. The van der Waals surface area contributed by atoms with E-state index < -0.39 is 21.7 Å². The smallest absolute Gasteiger partial charge is 0.319 e. The number of halogens is 1. The number of phenolic OH excluding ortho intramolecular Hbond substituents is 1. The average molecular weight is 649 g/mol. The van der Waals surface area contributed by atoms with E-state index in [1.165, 1.54) is 4.31 Å². The van der Waals surface area contributed by atoms with Gasteiger partial charge in [-0.1, -0.05) is 24.3 Å². The Labute approximate surface area is 267 Å². The fraction of sp³-hybridized carbons (Fsp3) is 0.515. The molecule has 13 heteroatoms. The van der Waals surface area contributed by atoms with Crippen molar-refractivity contribution in [2.75, 3.05) is 50.9 Å². The number of sulfonamides is 1. The van der Waals surface area contributed by atoms with Crippen LogP contribution in [0.25, 0.3) is 22.5 Å². The molecular formula is C33H37FN6O5S.